The first kappa shape index (κ1) is 19.6. The first-order valence-electron chi connectivity index (χ1n) is 7.29. The quantitative estimate of drug-likeness (QED) is 0.313. The summed E-state index contributed by atoms with van der Waals surface area (Å²) in [7, 11) is 0. The second-order valence-electron chi connectivity index (χ2n) is 5.07. The molecule has 1 heteroatoms. The van der Waals surface area contributed by atoms with Crippen LogP contribution in [0.2, 0.25) is 0 Å². The van der Waals surface area contributed by atoms with Gasteiger partial charge in [-0.1, -0.05) is 90.1 Å². The smallest absolute Gasteiger partial charge is 0.145 e. The summed E-state index contributed by atoms with van der Waals surface area (Å²) in [6.45, 7) is 11.6. The van der Waals surface area contributed by atoms with Crippen molar-refractivity contribution in [1.29, 1.82) is 0 Å². The minimum absolute atomic E-state index is 0.714. The molecule has 0 saturated carbocycles. The Balaban J connectivity index is 4.53. The Hall–Kier alpha value is -2.41. The number of allylic oxidation sites excluding steroid dienone is 15. The van der Waals surface area contributed by atoms with Crippen LogP contribution >= 0.6 is 0 Å². The first-order valence-corrected chi connectivity index (χ1v) is 7.29. The van der Waals surface area contributed by atoms with Gasteiger partial charge in [-0.25, -0.2) is 0 Å². The molecular weight excluding hydrogens is 268 g/mol. The van der Waals surface area contributed by atoms with Gasteiger partial charge < -0.3 is 0 Å². The Kier molecular flexibility index (Phi) is 11.0. The maximum atomic E-state index is 10.4. The standard InChI is InChI=1S/C21H26O/c1-6-18(2)13-9-14-19(3)11-7-8-12-20(4)15-10-16-21(5)17-22/h6-17H,1H2,2-5H3/b8-7+,14-9+,15-10+,18-13+,19-11+,20-12+,21-16+. The molecule has 22 heavy (non-hydrogen) atoms. The topological polar surface area (TPSA) is 17.1 Å². The molecule has 1 nitrogen and oxygen atoms in total. The zero-order valence-electron chi connectivity index (χ0n) is 14.0. The lowest BCUT2D eigenvalue weighted by Crippen LogP contribution is -1.73. The van der Waals surface area contributed by atoms with Crippen LogP contribution in [-0.4, -0.2) is 6.29 Å². The van der Waals surface area contributed by atoms with Crippen LogP contribution in [0.4, 0.5) is 0 Å². The van der Waals surface area contributed by atoms with Gasteiger partial charge in [-0.15, -0.1) is 0 Å². The molecule has 0 amide bonds. The Labute approximate surface area is 135 Å². The molecule has 0 aromatic rings. The van der Waals surface area contributed by atoms with Crippen molar-refractivity contribution in [3.05, 3.63) is 95.7 Å². The highest BCUT2D eigenvalue weighted by Gasteiger charge is 1.81. The molecule has 0 aliphatic heterocycles. The maximum absolute atomic E-state index is 10.4. The lowest BCUT2D eigenvalue weighted by molar-refractivity contribution is -0.104. The van der Waals surface area contributed by atoms with Crippen molar-refractivity contribution in [2.24, 2.45) is 0 Å². The van der Waals surface area contributed by atoms with Crippen LogP contribution in [0.15, 0.2) is 95.7 Å². The summed E-state index contributed by atoms with van der Waals surface area (Å²) in [5.74, 6) is 0. The van der Waals surface area contributed by atoms with Crippen molar-refractivity contribution >= 4 is 6.29 Å². The zero-order chi connectivity index (χ0) is 16.8. The zero-order valence-corrected chi connectivity index (χ0v) is 14.0. The van der Waals surface area contributed by atoms with Gasteiger partial charge in [0.2, 0.25) is 0 Å². The molecule has 116 valence electrons. The molecule has 0 spiro atoms. The fraction of sp³-hybridized carbons (Fsp3) is 0.190. The molecule has 0 rings (SSSR count). The summed E-state index contributed by atoms with van der Waals surface area (Å²) >= 11 is 0. The van der Waals surface area contributed by atoms with Crippen LogP contribution in [0, 0.1) is 0 Å². The Morgan fingerprint density at radius 3 is 1.45 bits per heavy atom. The summed E-state index contributed by atoms with van der Waals surface area (Å²) in [6, 6.07) is 0. The number of carbonyl (C=O) groups is 1. The van der Waals surface area contributed by atoms with Crippen molar-refractivity contribution in [3.8, 4) is 0 Å². The lowest BCUT2D eigenvalue weighted by atomic mass is 10.2. The molecule has 0 heterocycles. The molecule has 0 aliphatic carbocycles. The van der Waals surface area contributed by atoms with Gasteiger partial charge in [0.05, 0.1) is 0 Å². The average molecular weight is 294 g/mol. The van der Waals surface area contributed by atoms with E-state index in [1.165, 1.54) is 5.57 Å². The number of carbonyl (C=O) groups excluding carboxylic acids is 1. The van der Waals surface area contributed by atoms with Crippen molar-refractivity contribution in [2.75, 3.05) is 0 Å². The number of rotatable bonds is 8. The minimum Gasteiger partial charge on any atom is -0.298 e. The van der Waals surface area contributed by atoms with Crippen molar-refractivity contribution in [1.82, 2.24) is 0 Å². The van der Waals surface area contributed by atoms with Gasteiger partial charge in [0.25, 0.3) is 0 Å². The van der Waals surface area contributed by atoms with Crippen LogP contribution in [0.1, 0.15) is 27.7 Å². The summed E-state index contributed by atoms with van der Waals surface area (Å²) < 4.78 is 0. The summed E-state index contributed by atoms with van der Waals surface area (Å²) in [5, 5.41) is 0. The number of hydrogen-bond donors (Lipinski definition) is 0. The third-order valence-electron chi connectivity index (χ3n) is 2.77. The van der Waals surface area contributed by atoms with E-state index in [1.54, 1.807) is 13.0 Å². The summed E-state index contributed by atoms with van der Waals surface area (Å²) in [4.78, 5) is 10.4. The van der Waals surface area contributed by atoms with Gasteiger partial charge in [0, 0.05) is 0 Å². The van der Waals surface area contributed by atoms with E-state index in [1.807, 2.05) is 62.5 Å². The second kappa shape index (κ2) is 12.3. The van der Waals surface area contributed by atoms with Crippen molar-refractivity contribution < 1.29 is 4.79 Å². The third kappa shape index (κ3) is 11.4. The summed E-state index contributed by atoms with van der Waals surface area (Å²) in [6.07, 6.45) is 22.5. The molecule has 0 aliphatic rings. The van der Waals surface area contributed by atoms with E-state index in [-0.39, 0.29) is 0 Å². The second-order valence-corrected chi connectivity index (χ2v) is 5.07. The van der Waals surface area contributed by atoms with Crippen LogP contribution in [0.3, 0.4) is 0 Å². The minimum atomic E-state index is 0.714. The van der Waals surface area contributed by atoms with Gasteiger partial charge >= 0.3 is 0 Å². The average Bonchev–Trinajstić information content (AvgIpc) is 2.51. The van der Waals surface area contributed by atoms with Crippen molar-refractivity contribution in [3.63, 3.8) is 0 Å². The Morgan fingerprint density at radius 1 is 0.636 bits per heavy atom. The molecular formula is C21H26O. The summed E-state index contributed by atoms with van der Waals surface area (Å²) in [5.41, 5.74) is 4.15. The maximum Gasteiger partial charge on any atom is 0.145 e. The van der Waals surface area contributed by atoms with Crippen LogP contribution in [0.25, 0.3) is 0 Å². The molecule has 0 aromatic heterocycles. The Bertz CT molecular complexity index is 521. The van der Waals surface area contributed by atoms with E-state index in [0.29, 0.717) is 5.57 Å². The SMILES string of the molecule is C=C/C(C)=C/C=C/C(C)=C/C=C/C=C(C)/C=C/C=C(\C)C=O. The van der Waals surface area contributed by atoms with E-state index >= 15 is 0 Å². The van der Waals surface area contributed by atoms with Gasteiger partial charge in [0.1, 0.15) is 6.29 Å². The fourth-order valence-corrected chi connectivity index (χ4v) is 1.34. The third-order valence-corrected chi connectivity index (χ3v) is 2.77. The molecule has 0 atom stereocenters. The predicted molar refractivity (Wildman–Crippen MR) is 98.7 cm³/mol. The van der Waals surface area contributed by atoms with E-state index in [4.69, 9.17) is 0 Å². The molecule has 0 fully saturated rings. The highest BCUT2D eigenvalue weighted by molar-refractivity contribution is 5.72. The normalized spacial score (nSPS) is 15.3. The van der Waals surface area contributed by atoms with Crippen LogP contribution in [-0.2, 0) is 4.79 Å². The lowest BCUT2D eigenvalue weighted by Gasteiger charge is -1.89. The van der Waals surface area contributed by atoms with Gasteiger partial charge in [0.15, 0.2) is 0 Å². The van der Waals surface area contributed by atoms with E-state index < -0.39 is 0 Å². The molecule has 0 bridgehead atoms. The fourth-order valence-electron chi connectivity index (χ4n) is 1.34. The predicted octanol–water partition coefficient (Wildman–Crippen LogP) is 5.83. The van der Waals surface area contributed by atoms with Gasteiger partial charge in [-0.05, 0) is 33.3 Å². The van der Waals surface area contributed by atoms with E-state index in [9.17, 15) is 4.79 Å². The molecule has 0 radical (unpaired) electrons. The molecule has 0 unspecified atom stereocenters. The van der Waals surface area contributed by atoms with Crippen LogP contribution < -0.4 is 0 Å². The highest BCUT2D eigenvalue weighted by atomic mass is 16.1. The highest BCUT2D eigenvalue weighted by Crippen LogP contribution is 2.01. The Morgan fingerprint density at radius 2 is 1.05 bits per heavy atom. The largest absolute Gasteiger partial charge is 0.298 e. The number of hydrogen-bond acceptors (Lipinski definition) is 1. The molecule has 0 saturated heterocycles. The monoisotopic (exact) mass is 294 g/mol. The number of aldehydes is 1. The van der Waals surface area contributed by atoms with Gasteiger partial charge in [-0.2, -0.15) is 0 Å². The van der Waals surface area contributed by atoms with Gasteiger partial charge in [-0.3, -0.25) is 4.79 Å². The molecule has 0 aromatic carbocycles. The molecule has 0 N–H and O–H groups in total. The first-order chi connectivity index (χ1) is 10.5. The van der Waals surface area contributed by atoms with E-state index in [0.717, 1.165) is 17.4 Å². The van der Waals surface area contributed by atoms with Crippen molar-refractivity contribution in [2.45, 2.75) is 27.7 Å². The van der Waals surface area contributed by atoms with E-state index in [2.05, 4.69) is 25.7 Å². The van der Waals surface area contributed by atoms with Crippen LogP contribution in [0.5, 0.6) is 0 Å².